The molecule has 0 saturated carbocycles. The molecular formula is C16H38. The maximum Gasteiger partial charge on any atom is -0.0303 e. The maximum absolute atomic E-state index is 2.34. The van der Waals surface area contributed by atoms with E-state index in [1.165, 1.54) is 44.9 Å². The Morgan fingerprint density at radius 3 is 1.00 bits per heavy atom. The van der Waals surface area contributed by atoms with Crippen molar-refractivity contribution >= 4 is 0 Å². The predicted octanol–water partition coefficient (Wildman–Crippen LogP) is 6.84. The quantitative estimate of drug-likeness (QED) is 0.469. The van der Waals surface area contributed by atoms with E-state index in [4.69, 9.17) is 0 Å². The lowest BCUT2D eigenvalue weighted by Gasteiger charge is -2.31. The van der Waals surface area contributed by atoms with Gasteiger partial charge in [0.15, 0.2) is 0 Å². The van der Waals surface area contributed by atoms with E-state index in [2.05, 4.69) is 41.5 Å². The highest BCUT2D eigenvalue weighted by Crippen LogP contribution is 2.36. The van der Waals surface area contributed by atoms with Crippen LogP contribution in [0.15, 0.2) is 0 Å². The average molecular weight is 230 g/mol. The first-order chi connectivity index (χ1) is 7.66. The normalized spacial score (nSPS) is 9.75. The fraction of sp³-hybridized carbons (Fsp3) is 1.00. The summed E-state index contributed by atoms with van der Waals surface area (Å²) in [5.41, 5.74) is 0.684. The van der Waals surface area contributed by atoms with E-state index >= 15 is 0 Å². The zero-order chi connectivity index (χ0) is 13.4. The van der Waals surface area contributed by atoms with Gasteiger partial charge in [0.25, 0.3) is 0 Å². The molecule has 0 heteroatoms. The van der Waals surface area contributed by atoms with Crippen LogP contribution in [-0.2, 0) is 0 Å². The molecule has 0 aliphatic carbocycles. The van der Waals surface area contributed by atoms with Crippen LogP contribution in [0.25, 0.3) is 0 Å². The summed E-state index contributed by atoms with van der Waals surface area (Å²) in [5, 5.41) is 0. The molecule has 0 bridgehead atoms. The first-order valence-corrected chi connectivity index (χ1v) is 7.66. The van der Waals surface area contributed by atoms with E-state index in [-0.39, 0.29) is 0 Å². The molecular weight excluding hydrogens is 192 g/mol. The monoisotopic (exact) mass is 230 g/mol. The summed E-state index contributed by atoms with van der Waals surface area (Å²) < 4.78 is 0. The molecule has 0 aromatic heterocycles. The summed E-state index contributed by atoms with van der Waals surface area (Å²) in [6, 6.07) is 0. The summed E-state index contributed by atoms with van der Waals surface area (Å²) in [6.45, 7) is 17.5. The molecule has 0 rings (SSSR count). The van der Waals surface area contributed by atoms with Crippen molar-refractivity contribution in [3.63, 3.8) is 0 Å². The van der Waals surface area contributed by atoms with Crippen LogP contribution in [0.2, 0.25) is 0 Å². The van der Waals surface area contributed by atoms with Gasteiger partial charge >= 0.3 is 0 Å². The van der Waals surface area contributed by atoms with Crippen LogP contribution in [0, 0.1) is 5.41 Å². The smallest absolute Gasteiger partial charge is 0.0303 e. The second-order valence-electron chi connectivity index (χ2n) is 4.41. The maximum atomic E-state index is 2.34. The topological polar surface area (TPSA) is 0 Å². The van der Waals surface area contributed by atoms with Crippen LogP contribution in [0.1, 0.15) is 100 Å². The van der Waals surface area contributed by atoms with Crippen molar-refractivity contribution in [1.29, 1.82) is 0 Å². The highest BCUT2D eigenvalue weighted by atomic mass is 14.3. The van der Waals surface area contributed by atoms with Gasteiger partial charge in [-0.1, -0.05) is 87.5 Å². The molecule has 0 unspecified atom stereocenters. The molecule has 0 atom stereocenters. The Bertz CT molecular complexity index is 82.2. The van der Waals surface area contributed by atoms with E-state index in [0.717, 1.165) is 0 Å². The van der Waals surface area contributed by atoms with Crippen LogP contribution in [0.5, 0.6) is 0 Å². The third kappa shape index (κ3) is 12.1. The average Bonchev–Trinajstić information content (AvgIpc) is 2.32. The molecule has 0 amide bonds. The SMILES string of the molecule is CC.CCC.CCCC(CC)(CC)CCC. The number of hydrogen-bond acceptors (Lipinski definition) is 0. The Morgan fingerprint density at radius 1 is 0.625 bits per heavy atom. The third-order valence-corrected chi connectivity index (χ3v) is 3.06. The van der Waals surface area contributed by atoms with Crippen molar-refractivity contribution in [1.82, 2.24) is 0 Å². The van der Waals surface area contributed by atoms with Gasteiger partial charge in [-0.25, -0.2) is 0 Å². The van der Waals surface area contributed by atoms with Gasteiger partial charge < -0.3 is 0 Å². The van der Waals surface area contributed by atoms with Crippen molar-refractivity contribution in [3.8, 4) is 0 Å². The minimum absolute atomic E-state index is 0.684. The molecule has 16 heavy (non-hydrogen) atoms. The Morgan fingerprint density at radius 2 is 0.875 bits per heavy atom. The Labute approximate surface area is 106 Å². The van der Waals surface area contributed by atoms with Crippen molar-refractivity contribution in [2.24, 2.45) is 5.41 Å². The van der Waals surface area contributed by atoms with Crippen LogP contribution in [0.3, 0.4) is 0 Å². The molecule has 0 nitrogen and oxygen atoms in total. The lowest BCUT2D eigenvalue weighted by Crippen LogP contribution is -2.17. The molecule has 102 valence electrons. The predicted molar refractivity (Wildman–Crippen MR) is 80.1 cm³/mol. The molecule has 0 spiro atoms. The summed E-state index contributed by atoms with van der Waals surface area (Å²) >= 11 is 0. The van der Waals surface area contributed by atoms with Crippen LogP contribution in [-0.4, -0.2) is 0 Å². The standard InChI is InChI=1S/C11H24.C3H8.C2H6/c1-5-9-11(7-3,8-4)10-6-2;1-3-2;1-2/h5-10H2,1-4H3;3H2,1-2H3;1-2H3. The van der Waals surface area contributed by atoms with E-state index in [9.17, 15) is 0 Å². The minimum atomic E-state index is 0.684. The number of rotatable bonds is 6. The highest BCUT2D eigenvalue weighted by Gasteiger charge is 2.23. The van der Waals surface area contributed by atoms with Crippen molar-refractivity contribution in [2.45, 2.75) is 100 Å². The second kappa shape index (κ2) is 17.4. The lowest BCUT2D eigenvalue weighted by atomic mass is 9.75. The van der Waals surface area contributed by atoms with E-state index in [1.54, 1.807) is 0 Å². The van der Waals surface area contributed by atoms with Gasteiger partial charge in [-0.2, -0.15) is 0 Å². The zero-order valence-electron chi connectivity index (χ0n) is 13.4. The van der Waals surface area contributed by atoms with Gasteiger partial charge in [-0.3, -0.25) is 0 Å². The highest BCUT2D eigenvalue weighted by molar-refractivity contribution is 4.75. The fourth-order valence-corrected chi connectivity index (χ4v) is 2.14. The van der Waals surface area contributed by atoms with E-state index in [0.29, 0.717) is 5.41 Å². The van der Waals surface area contributed by atoms with Crippen molar-refractivity contribution in [3.05, 3.63) is 0 Å². The van der Waals surface area contributed by atoms with E-state index in [1.807, 2.05) is 13.8 Å². The Kier molecular flexibility index (Phi) is 23.2. The summed E-state index contributed by atoms with van der Waals surface area (Å²) in [7, 11) is 0. The van der Waals surface area contributed by atoms with E-state index < -0.39 is 0 Å². The molecule has 0 aromatic rings. The van der Waals surface area contributed by atoms with Crippen LogP contribution in [0.4, 0.5) is 0 Å². The molecule has 0 radical (unpaired) electrons. The van der Waals surface area contributed by atoms with Gasteiger partial charge in [0.05, 0.1) is 0 Å². The summed E-state index contributed by atoms with van der Waals surface area (Å²) in [5.74, 6) is 0. The summed E-state index contributed by atoms with van der Waals surface area (Å²) in [6.07, 6.45) is 9.53. The first kappa shape index (κ1) is 21.3. The molecule has 0 aliphatic rings. The van der Waals surface area contributed by atoms with Gasteiger partial charge in [0.2, 0.25) is 0 Å². The first-order valence-electron chi connectivity index (χ1n) is 7.66. The molecule has 0 fully saturated rings. The molecule has 0 aromatic carbocycles. The zero-order valence-corrected chi connectivity index (χ0v) is 13.4. The summed E-state index contributed by atoms with van der Waals surface area (Å²) in [4.78, 5) is 0. The third-order valence-electron chi connectivity index (χ3n) is 3.06. The van der Waals surface area contributed by atoms with Crippen molar-refractivity contribution < 1.29 is 0 Å². The molecule has 0 saturated heterocycles. The second-order valence-corrected chi connectivity index (χ2v) is 4.41. The van der Waals surface area contributed by atoms with Gasteiger partial charge in [0.1, 0.15) is 0 Å². The molecule has 0 N–H and O–H groups in total. The Balaban J connectivity index is -0.000000289. The Hall–Kier alpha value is 0. The molecule has 0 aliphatic heterocycles. The fourth-order valence-electron chi connectivity index (χ4n) is 2.14. The number of hydrogen-bond donors (Lipinski definition) is 0. The van der Waals surface area contributed by atoms with Gasteiger partial charge in [-0.05, 0) is 18.3 Å². The van der Waals surface area contributed by atoms with Gasteiger partial charge in [0, 0.05) is 0 Å². The van der Waals surface area contributed by atoms with Crippen LogP contribution < -0.4 is 0 Å². The largest absolute Gasteiger partial charge is 0.0683 e. The minimum Gasteiger partial charge on any atom is -0.0683 e. The van der Waals surface area contributed by atoms with Crippen molar-refractivity contribution in [2.75, 3.05) is 0 Å². The van der Waals surface area contributed by atoms with Crippen LogP contribution >= 0.6 is 0 Å². The lowest BCUT2D eigenvalue weighted by molar-refractivity contribution is 0.214. The van der Waals surface area contributed by atoms with Gasteiger partial charge in [-0.15, -0.1) is 0 Å². The molecule has 0 heterocycles.